The van der Waals surface area contributed by atoms with Crippen LogP contribution in [0.15, 0.2) is 54.6 Å². The third-order valence-electron chi connectivity index (χ3n) is 5.21. The summed E-state index contributed by atoms with van der Waals surface area (Å²) in [6, 6.07) is 17.1. The van der Waals surface area contributed by atoms with E-state index in [-0.39, 0.29) is 24.5 Å². The third kappa shape index (κ3) is 5.96. The summed E-state index contributed by atoms with van der Waals surface area (Å²) in [5, 5.41) is 10.5. The largest absolute Gasteiger partial charge is 0.491 e. The van der Waals surface area contributed by atoms with Gasteiger partial charge in [-0.15, -0.1) is 0 Å². The second-order valence-electron chi connectivity index (χ2n) is 8.15. The Kier molecular flexibility index (Phi) is 7.34. The minimum atomic E-state index is -0.239. The van der Waals surface area contributed by atoms with Gasteiger partial charge in [-0.3, -0.25) is 9.59 Å². The van der Waals surface area contributed by atoms with Gasteiger partial charge in [-0.2, -0.15) is 16.9 Å². The van der Waals surface area contributed by atoms with Crippen LogP contribution in [0.4, 0.5) is 5.82 Å². The fraction of sp³-hybridized carbons (Fsp3) is 0.320. The molecule has 2 amide bonds. The molecule has 0 saturated heterocycles. The van der Waals surface area contributed by atoms with Gasteiger partial charge in [-0.25, -0.2) is 4.68 Å². The van der Waals surface area contributed by atoms with E-state index in [2.05, 4.69) is 15.7 Å². The number of carbonyl (C=O) groups excluding carboxylic acids is 2. The highest BCUT2D eigenvalue weighted by atomic mass is 32.2. The zero-order valence-corrected chi connectivity index (χ0v) is 19.7. The number of hydrogen-bond donors (Lipinski definition) is 2. The van der Waals surface area contributed by atoms with Gasteiger partial charge in [0.05, 0.1) is 11.8 Å². The summed E-state index contributed by atoms with van der Waals surface area (Å²) in [7, 11) is 0. The lowest BCUT2D eigenvalue weighted by Crippen LogP contribution is -2.30. The number of ether oxygens (including phenoxy) is 1. The Balaban J connectivity index is 1.40. The van der Waals surface area contributed by atoms with E-state index < -0.39 is 0 Å². The molecule has 0 spiro atoms. The predicted molar refractivity (Wildman–Crippen MR) is 131 cm³/mol. The zero-order valence-electron chi connectivity index (χ0n) is 18.8. The van der Waals surface area contributed by atoms with Crippen molar-refractivity contribution in [1.29, 1.82) is 0 Å². The molecule has 4 rings (SSSR count). The van der Waals surface area contributed by atoms with Crippen LogP contribution in [0.25, 0.3) is 0 Å². The smallest absolute Gasteiger partial charge is 0.256 e. The molecule has 7 nitrogen and oxygen atoms in total. The average molecular weight is 465 g/mol. The minimum Gasteiger partial charge on any atom is -0.491 e. The molecule has 8 heteroatoms. The van der Waals surface area contributed by atoms with Gasteiger partial charge in [0.15, 0.2) is 0 Å². The van der Waals surface area contributed by atoms with Crippen molar-refractivity contribution in [3.63, 3.8) is 0 Å². The van der Waals surface area contributed by atoms with Gasteiger partial charge in [-0.05, 0) is 50.1 Å². The van der Waals surface area contributed by atoms with E-state index in [0.29, 0.717) is 17.9 Å². The van der Waals surface area contributed by atoms with Crippen LogP contribution in [-0.2, 0) is 29.3 Å². The van der Waals surface area contributed by atoms with Crippen molar-refractivity contribution < 1.29 is 14.3 Å². The maximum Gasteiger partial charge on any atom is 0.256 e. The van der Waals surface area contributed by atoms with Gasteiger partial charge >= 0.3 is 0 Å². The standard InChI is InChI=1S/C25H28N4O3S/c1-17(2)32-20-10-8-19(9-11-20)25(31)27-24-21-15-33-16-22(21)28-29(24)14-23(30)26-13-12-18-6-4-3-5-7-18/h3-11,17H,12-16H2,1-2H3,(H,26,30)(H,27,31). The van der Waals surface area contributed by atoms with Gasteiger partial charge in [0.2, 0.25) is 5.91 Å². The predicted octanol–water partition coefficient (Wildman–Crippen LogP) is 4.03. The number of nitrogens with zero attached hydrogens (tertiary/aromatic N) is 2. The van der Waals surface area contributed by atoms with E-state index in [4.69, 9.17) is 4.74 Å². The van der Waals surface area contributed by atoms with Crippen LogP contribution in [0.3, 0.4) is 0 Å². The Hall–Kier alpha value is -3.26. The average Bonchev–Trinajstić information content (AvgIpc) is 3.37. The molecule has 3 aromatic rings. The van der Waals surface area contributed by atoms with Gasteiger partial charge < -0.3 is 15.4 Å². The van der Waals surface area contributed by atoms with Crippen LogP contribution in [0.2, 0.25) is 0 Å². The summed E-state index contributed by atoms with van der Waals surface area (Å²) in [5.41, 5.74) is 3.61. The van der Waals surface area contributed by atoms with Crippen molar-refractivity contribution in [3.8, 4) is 5.75 Å². The lowest BCUT2D eigenvalue weighted by atomic mass is 10.1. The molecule has 1 aliphatic heterocycles. The summed E-state index contributed by atoms with van der Waals surface area (Å²) in [4.78, 5) is 25.5. The van der Waals surface area contributed by atoms with Crippen molar-refractivity contribution in [2.75, 3.05) is 11.9 Å². The van der Waals surface area contributed by atoms with Crippen LogP contribution in [0.1, 0.15) is 41.0 Å². The zero-order chi connectivity index (χ0) is 23.2. The van der Waals surface area contributed by atoms with E-state index in [0.717, 1.165) is 34.9 Å². The number of fused-ring (bicyclic) bond motifs is 1. The lowest BCUT2D eigenvalue weighted by Gasteiger charge is -2.12. The lowest BCUT2D eigenvalue weighted by molar-refractivity contribution is -0.121. The van der Waals surface area contributed by atoms with Gasteiger partial charge in [0, 0.05) is 29.2 Å². The molecule has 172 valence electrons. The number of amides is 2. The summed E-state index contributed by atoms with van der Waals surface area (Å²) in [5.74, 6) is 2.49. The number of nitrogens with one attached hydrogen (secondary N) is 2. The molecule has 2 N–H and O–H groups in total. The van der Waals surface area contributed by atoms with Crippen LogP contribution in [0, 0.1) is 0 Å². The Bertz CT molecular complexity index is 1110. The van der Waals surface area contributed by atoms with Crippen LogP contribution < -0.4 is 15.4 Å². The molecule has 1 aromatic heterocycles. The molecule has 0 fully saturated rings. The van der Waals surface area contributed by atoms with Crippen molar-refractivity contribution in [2.24, 2.45) is 0 Å². The maximum atomic E-state index is 12.9. The Labute approximate surface area is 197 Å². The molecular weight excluding hydrogens is 436 g/mol. The summed E-state index contributed by atoms with van der Waals surface area (Å²) in [6.45, 7) is 4.52. The molecule has 2 heterocycles. The molecule has 1 aliphatic rings. The molecule has 0 aliphatic carbocycles. The SMILES string of the molecule is CC(C)Oc1ccc(C(=O)Nc2c3c(nn2CC(=O)NCCc2ccccc2)CSC3)cc1. The van der Waals surface area contributed by atoms with Crippen molar-refractivity contribution >= 4 is 29.4 Å². The number of carbonyl (C=O) groups is 2. The molecule has 0 radical (unpaired) electrons. The first-order chi connectivity index (χ1) is 16.0. The number of anilines is 1. The van der Waals surface area contributed by atoms with Crippen molar-refractivity contribution in [3.05, 3.63) is 77.0 Å². The van der Waals surface area contributed by atoms with Crippen molar-refractivity contribution in [2.45, 2.75) is 44.4 Å². The Morgan fingerprint density at radius 2 is 1.85 bits per heavy atom. The Morgan fingerprint density at radius 1 is 1.09 bits per heavy atom. The normalized spacial score (nSPS) is 12.5. The van der Waals surface area contributed by atoms with E-state index in [1.807, 2.05) is 44.2 Å². The highest BCUT2D eigenvalue weighted by Gasteiger charge is 2.25. The van der Waals surface area contributed by atoms with Crippen LogP contribution in [-0.4, -0.2) is 34.2 Å². The molecule has 33 heavy (non-hydrogen) atoms. The van der Waals surface area contributed by atoms with Gasteiger partial charge in [0.1, 0.15) is 18.1 Å². The summed E-state index contributed by atoms with van der Waals surface area (Å²) in [6.07, 6.45) is 0.830. The number of hydrogen-bond acceptors (Lipinski definition) is 5. The fourth-order valence-electron chi connectivity index (χ4n) is 3.64. The van der Waals surface area contributed by atoms with Crippen LogP contribution >= 0.6 is 11.8 Å². The molecule has 0 saturated carbocycles. The summed E-state index contributed by atoms with van der Waals surface area (Å²) < 4.78 is 7.25. The van der Waals surface area contributed by atoms with Gasteiger partial charge in [-0.1, -0.05) is 30.3 Å². The quantitative estimate of drug-likeness (QED) is 0.499. The van der Waals surface area contributed by atoms with E-state index in [1.54, 1.807) is 40.7 Å². The first-order valence-electron chi connectivity index (χ1n) is 11.0. The number of thioether (sulfide) groups is 1. The number of rotatable bonds is 9. The number of aromatic nitrogens is 2. The number of benzene rings is 2. The highest BCUT2D eigenvalue weighted by molar-refractivity contribution is 7.98. The van der Waals surface area contributed by atoms with E-state index in [1.165, 1.54) is 5.56 Å². The van der Waals surface area contributed by atoms with Gasteiger partial charge in [0.25, 0.3) is 5.91 Å². The maximum absolute atomic E-state index is 12.9. The van der Waals surface area contributed by atoms with E-state index in [9.17, 15) is 9.59 Å². The fourth-order valence-corrected chi connectivity index (χ4v) is 4.67. The first kappa shape index (κ1) is 22.9. The molecule has 0 unspecified atom stereocenters. The molecule has 0 bridgehead atoms. The summed E-state index contributed by atoms with van der Waals surface area (Å²) >= 11 is 1.75. The third-order valence-corrected chi connectivity index (χ3v) is 6.18. The van der Waals surface area contributed by atoms with Crippen molar-refractivity contribution in [1.82, 2.24) is 15.1 Å². The van der Waals surface area contributed by atoms with E-state index >= 15 is 0 Å². The topological polar surface area (TPSA) is 85.2 Å². The van der Waals surface area contributed by atoms with Crippen LogP contribution in [0.5, 0.6) is 5.75 Å². The molecular formula is C25H28N4O3S. The highest BCUT2D eigenvalue weighted by Crippen LogP contribution is 2.35. The Morgan fingerprint density at radius 3 is 2.58 bits per heavy atom. The minimum absolute atomic E-state index is 0.0588. The second kappa shape index (κ2) is 10.6. The second-order valence-corrected chi connectivity index (χ2v) is 9.14. The molecule has 0 atom stereocenters. The monoisotopic (exact) mass is 464 g/mol. The first-order valence-corrected chi connectivity index (χ1v) is 12.2. The molecule has 2 aromatic carbocycles.